The van der Waals surface area contributed by atoms with E-state index in [9.17, 15) is 8.42 Å². The van der Waals surface area contributed by atoms with Gasteiger partial charge in [-0.15, -0.1) is 0 Å². The molecule has 0 saturated carbocycles. The van der Waals surface area contributed by atoms with Gasteiger partial charge in [-0.3, -0.25) is 4.90 Å². The lowest BCUT2D eigenvalue weighted by molar-refractivity contribution is 0.287. The van der Waals surface area contributed by atoms with Crippen molar-refractivity contribution in [3.8, 4) is 0 Å². The molecule has 1 aromatic carbocycles. The second-order valence-corrected chi connectivity index (χ2v) is 9.99. The number of hydrogen-bond acceptors (Lipinski definition) is 6. The Morgan fingerprint density at radius 1 is 1.14 bits per heavy atom. The molecule has 1 fully saturated rings. The van der Waals surface area contributed by atoms with Crippen LogP contribution in [0, 0.1) is 0 Å². The molecule has 0 aliphatic carbocycles. The van der Waals surface area contributed by atoms with E-state index in [-0.39, 0.29) is 11.5 Å². The van der Waals surface area contributed by atoms with Crippen LogP contribution in [0.4, 0.5) is 11.5 Å². The highest BCUT2D eigenvalue weighted by molar-refractivity contribution is 7.91. The van der Waals surface area contributed by atoms with E-state index in [1.165, 1.54) is 11.1 Å². The largest absolute Gasteiger partial charge is 0.334 e. The lowest BCUT2D eigenvalue weighted by atomic mass is 10.0. The Bertz CT molecular complexity index is 1130. The molecule has 0 bridgehead atoms. The third-order valence-electron chi connectivity index (χ3n) is 5.67. The molecule has 29 heavy (non-hydrogen) atoms. The predicted molar refractivity (Wildman–Crippen MR) is 116 cm³/mol. The summed E-state index contributed by atoms with van der Waals surface area (Å²) in [6.45, 7) is 4.16. The van der Waals surface area contributed by atoms with Crippen molar-refractivity contribution in [2.45, 2.75) is 19.9 Å². The Hall–Kier alpha value is -2.45. The van der Waals surface area contributed by atoms with E-state index in [1.807, 2.05) is 24.9 Å². The molecule has 1 aliphatic rings. The third-order valence-corrected chi connectivity index (χ3v) is 7.28. The number of imidazole rings is 1. The van der Waals surface area contributed by atoms with E-state index >= 15 is 0 Å². The highest BCUT2D eigenvalue weighted by Crippen LogP contribution is 2.29. The average molecular weight is 414 g/mol. The monoisotopic (exact) mass is 413 g/mol. The van der Waals surface area contributed by atoms with Gasteiger partial charge in [-0.05, 0) is 23.6 Å². The Kier molecular flexibility index (Phi) is 5.31. The third kappa shape index (κ3) is 4.13. The van der Waals surface area contributed by atoms with E-state index < -0.39 is 9.84 Å². The number of aromatic nitrogens is 3. The number of fused-ring (bicyclic) bond motifs is 1. The maximum absolute atomic E-state index is 11.6. The first-order valence-electron chi connectivity index (χ1n) is 9.91. The van der Waals surface area contributed by atoms with Gasteiger partial charge < -0.3 is 9.47 Å². The Balaban J connectivity index is 1.56. The van der Waals surface area contributed by atoms with Crippen LogP contribution in [0.2, 0.25) is 0 Å². The second kappa shape index (κ2) is 7.76. The van der Waals surface area contributed by atoms with Crippen LogP contribution in [0.3, 0.4) is 0 Å². The highest BCUT2D eigenvalue weighted by atomic mass is 32.2. The first kappa shape index (κ1) is 19.8. The Labute approximate surface area is 171 Å². The summed E-state index contributed by atoms with van der Waals surface area (Å²) in [6.07, 6.45) is 4.52. The summed E-state index contributed by atoms with van der Waals surface area (Å²) in [7, 11) is 1.17. The summed E-state index contributed by atoms with van der Waals surface area (Å²) in [6, 6.07) is 8.57. The van der Waals surface area contributed by atoms with E-state index in [0.717, 1.165) is 35.5 Å². The minimum absolute atomic E-state index is 0.261. The van der Waals surface area contributed by atoms with Gasteiger partial charge in [0.2, 0.25) is 0 Å². The van der Waals surface area contributed by atoms with Crippen molar-refractivity contribution in [2.24, 2.45) is 7.05 Å². The van der Waals surface area contributed by atoms with Crippen molar-refractivity contribution in [3.63, 3.8) is 0 Å². The maximum Gasteiger partial charge on any atom is 0.152 e. The molecule has 0 amide bonds. The van der Waals surface area contributed by atoms with E-state index in [1.54, 1.807) is 6.33 Å². The summed E-state index contributed by atoms with van der Waals surface area (Å²) in [5, 5.41) is 0. The van der Waals surface area contributed by atoms with Crippen molar-refractivity contribution in [1.82, 2.24) is 19.4 Å². The van der Waals surface area contributed by atoms with Crippen LogP contribution in [0.1, 0.15) is 18.1 Å². The molecule has 0 spiro atoms. The lowest BCUT2D eigenvalue weighted by Crippen LogP contribution is -2.39. The molecule has 2 aromatic heterocycles. The summed E-state index contributed by atoms with van der Waals surface area (Å²) < 4.78 is 25.3. The van der Waals surface area contributed by atoms with Crippen LogP contribution in [0.5, 0.6) is 0 Å². The molecule has 3 heterocycles. The second-order valence-electron chi connectivity index (χ2n) is 7.69. The van der Waals surface area contributed by atoms with Crippen LogP contribution in [-0.2, 0) is 29.9 Å². The molecule has 4 rings (SSSR count). The Morgan fingerprint density at radius 2 is 1.90 bits per heavy atom. The summed E-state index contributed by atoms with van der Waals surface area (Å²) in [5.74, 6) is 1.40. The topological polar surface area (TPSA) is 71.3 Å². The minimum Gasteiger partial charge on any atom is -0.334 e. The van der Waals surface area contributed by atoms with Crippen molar-refractivity contribution >= 4 is 32.4 Å². The molecule has 1 aliphatic heterocycles. The number of benzene rings is 1. The summed E-state index contributed by atoms with van der Waals surface area (Å²) >= 11 is 0. The fourth-order valence-electron chi connectivity index (χ4n) is 3.84. The first-order chi connectivity index (χ1) is 13.9. The normalized spacial score (nSPS) is 16.9. The smallest absolute Gasteiger partial charge is 0.152 e. The fourth-order valence-corrected chi connectivity index (χ4v) is 5.12. The van der Waals surface area contributed by atoms with Crippen LogP contribution >= 0.6 is 0 Å². The maximum atomic E-state index is 11.6. The summed E-state index contributed by atoms with van der Waals surface area (Å²) in [4.78, 5) is 13.3. The molecule has 154 valence electrons. The number of pyridine rings is 1. The van der Waals surface area contributed by atoms with Gasteiger partial charge in [-0.1, -0.05) is 19.1 Å². The minimum atomic E-state index is -2.85. The van der Waals surface area contributed by atoms with E-state index in [2.05, 4.69) is 51.0 Å². The van der Waals surface area contributed by atoms with Gasteiger partial charge in [0.15, 0.2) is 9.84 Å². The van der Waals surface area contributed by atoms with Crippen molar-refractivity contribution in [1.29, 1.82) is 0 Å². The zero-order valence-corrected chi connectivity index (χ0v) is 18.0. The van der Waals surface area contributed by atoms with Crippen molar-refractivity contribution in [3.05, 3.63) is 47.9 Å². The first-order valence-corrected chi connectivity index (χ1v) is 11.7. The van der Waals surface area contributed by atoms with Gasteiger partial charge >= 0.3 is 0 Å². The molecule has 7 nitrogen and oxygen atoms in total. The SMILES string of the molecule is CCc1cc(CN2CCS(=O)(=O)CC2)ccc1N(C)c1cc2c(cn1)ncn2C. The molecule has 8 heteroatoms. The number of hydrogen-bond donors (Lipinski definition) is 0. The number of aryl methyl sites for hydroxylation is 2. The van der Waals surface area contributed by atoms with Crippen LogP contribution in [0.25, 0.3) is 11.0 Å². The van der Waals surface area contributed by atoms with Crippen LogP contribution < -0.4 is 4.90 Å². The predicted octanol–water partition coefficient (Wildman–Crippen LogP) is 2.53. The molecule has 0 atom stereocenters. The highest BCUT2D eigenvalue weighted by Gasteiger charge is 2.22. The number of rotatable bonds is 5. The van der Waals surface area contributed by atoms with E-state index in [4.69, 9.17) is 0 Å². The number of sulfone groups is 1. The van der Waals surface area contributed by atoms with Gasteiger partial charge in [0, 0.05) is 45.5 Å². The molecule has 1 saturated heterocycles. The molecule has 0 N–H and O–H groups in total. The average Bonchev–Trinajstić information content (AvgIpc) is 3.09. The lowest BCUT2D eigenvalue weighted by Gasteiger charge is -2.27. The molecular formula is C21H27N5O2S. The van der Waals surface area contributed by atoms with Gasteiger partial charge in [-0.25, -0.2) is 18.4 Å². The molecule has 3 aromatic rings. The van der Waals surface area contributed by atoms with Crippen molar-refractivity contribution in [2.75, 3.05) is 36.5 Å². The van der Waals surface area contributed by atoms with Crippen LogP contribution in [0.15, 0.2) is 36.8 Å². The standard InChI is InChI=1S/C21H27N5O2S/c1-4-17-11-16(14-26-7-9-29(27,28)10-8-26)5-6-19(17)25(3)21-12-20-18(13-22-21)23-15-24(20)2/h5-6,11-13,15H,4,7-10,14H2,1-3H3. The molecule has 0 unspecified atom stereocenters. The number of anilines is 2. The Morgan fingerprint density at radius 3 is 2.62 bits per heavy atom. The van der Waals surface area contributed by atoms with E-state index in [0.29, 0.717) is 13.1 Å². The van der Waals surface area contributed by atoms with Gasteiger partial charge in [0.05, 0.1) is 29.5 Å². The quantitative estimate of drug-likeness (QED) is 0.640. The molecular weight excluding hydrogens is 386 g/mol. The van der Waals surface area contributed by atoms with Gasteiger partial charge in [-0.2, -0.15) is 0 Å². The van der Waals surface area contributed by atoms with Crippen LogP contribution in [-0.4, -0.2) is 59.5 Å². The number of nitrogens with zero attached hydrogens (tertiary/aromatic N) is 5. The fraction of sp³-hybridized carbons (Fsp3) is 0.429. The zero-order chi connectivity index (χ0) is 20.6. The molecule has 0 radical (unpaired) electrons. The van der Waals surface area contributed by atoms with Gasteiger partial charge in [0.25, 0.3) is 0 Å². The zero-order valence-electron chi connectivity index (χ0n) is 17.2. The van der Waals surface area contributed by atoms with Crippen molar-refractivity contribution < 1.29 is 8.42 Å². The van der Waals surface area contributed by atoms with Gasteiger partial charge in [0.1, 0.15) is 11.3 Å². The summed E-state index contributed by atoms with van der Waals surface area (Å²) in [5.41, 5.74) is 5.54.